The molecule has 0 amide bonds. The van der Waals surface area contributed by atoms with Crippen molar-refractivity contribution in [3.63, 3.8) is 0 Å². The third-order valence-corrected chi connectivity index (χ3v) is 4.00. The van der Waals surface area contributed by atoms with Crippen LogP contribution in [0.3, 0.4) is 0 Å². The first-order valence-electron chi connectivity index (χ1n) is 8.36. The van der Waals surface area contributed by atoms with Gasteiger partial charge in [0, 0.05) is 12.2 Å². The summed E-state index contributed by atoms with van der Waals surface area (Å²) in [6.07, 6.45) is 2.14. The molecule has 0 fully saturated rings. The van der Waals surface area contributed by atoms with Crippen LogP contribution in [0.4, 0.5) is 5.69 Å². The number of rotatable bonds is 10. The van der Waals surface area contributed by atoms with Crippen LogP contribution in [-0.2, 0) is 6.54 Å². The van der Waals surface area contributed by atoms with Gasteiger partial charge in [0.15, 0.2) is 11.5 Å². The lowest BCUT2D eigenvalue weighted by Gasteiger charge is -2.16. The lowest BCUT2D eigenvalue weighted by atomic mass is 10.2. The van der Waals surface area contributed by atoms with Crippen molar-refractivity contribution < 1.29 is 9.47 Å². The quantitative estimate of drug-likeness (QED) is 0.433. The Labute approximate surface area is 152 Å². The molecular weight excluding hydrogens is 368 g/mol. The average Bonchev–Trinajstić information content (AvgIpc) is 2.58. The molecule has 0 unspecified atom stereocenters. The maximum atomic E-state index is 5.88. The van der Waals surface area contributed by atoms with E-state index in [0.717, 1.165) is 40.1 Å². The van der Waals surface area contributed by atoms with Gasteiger partial charge in [-0.1, -0.05) is 31.5 Å². The highest BCUT2D eigenvalue weighted by atomic mass is 79.9. The van der Waals surface area contributed by atoms with E-state index in [2.05, 4.69) is 39.8 Å². The Balaban J connectivity index is 2.01. The largest absolute Gasteiger partial charge is 0.490 e. The second-order valence-corrected chi connectivity index (χ2v) is 6.24. The van der Waals surface area contributed by atoms with E-state index in [1.807, 2.05) is 43.3 Å². The molecule has 4 nitrogen and oxygen atoms in total. The average molecular weight is 393 g/mol. The van der Waals surface area contributed by atoms with Gasteiger partial charge in [-0.2, -0.15) is 0 Å². The first-order valence-corrected chi connectivity index (χ1v) is 9.15. The lowest BCUT2D eigenvalue weighted by molar-refractivity contribution is 0.271. The Morgan fingerprint density at radius 1 is 1.04 bits per heavy atom. The molecule has 0 atom stereocenters. The monoisotopic (exact) mass is 392 g/mol. The van der Waals surface area contributed by atoms with Crippen LogP contribution in [0.25, 0.3) is 0 Å². The number of ether oxygens (including phenoxy) is 2. The highest BCUT2D eigenvalue weighted by Gasteiger charge is 2.12. The van der Waals surface area contributed by atoms with Crippen molar-refractivity contribution >= 4 is 21.6 Å². The van der Waals surface area contributed by atoms with Gasteiger partial charge in [-0.3, -0.25) is 0 Å². The molecule has 2 aromatic carbocycles. The van der Waals surface area contributed by atoms with E-state index in [-0.39, 0.29) is 0 Å². The number of benzene rings is 2. The third-order valence-electron chi connectivity index (χ3n) is 3.41. The SMILES string of the molecule is CCCCOc1c(Br)cc(CNNc2ccccc2)cc1OCC. The lowest BCUT2D eigenvalue weighted by Crippen LogP contribution is -2.20. The van der Waals surface area contributed by atoms with Gasteiger partial charge in [-0.05, 0) is 59.1 Å². The second-order valence-electron chi connectivity index (χ2n) is 5.38. The van der Waals surface area contributed by atoms with Gasteiger partial charge in [0.05, 0.1) is 17.7 Å². The molecule has 0 saturated heterocycles. The number of anilines is 1. The van der Waals surface area contributed by atoms with Crippen molar-refractivity contribution in [2.24, 2.45) is 0 Å². The first kappa shape index (κ1) is 18.6. The summed E-state index contributed by atoms with van der Waals surface area (Å²) in [6.45, 7) is 6.10. The number of halogens is 1. The number of para-hydroxylation sites is 1. The highest BCUT2D eigenvalue weighted by Crippen LogP contribution is 2.37. The molecule has 24 heavy (non-hydrogen) atoms. The minimum atomic E-state index is 0.607. The van der Waals surface area contributed by atoms with Crippen molar-refractivity contribution in [2.45, 2.75) is 33.2 Å². The van der Waals surface area contributed by atoms with E-state index in [0.29, 0.717) is 19.8 Å². The van der Waals surface area contributed by atoms with E-state index in [1.165, 1.54) is 0 Å². The van der Waals surface area contributed by atoms with Crippen LogP contribution >= 0.6 is 15.9 Å². The zero-order chi connectivity index (χ0) is 17.2. The summed E-state index contributed by atoms with van der Waals surface area (Å²) in [6, 6.07) is 14.1. The number of hydrogen-bond acceptors (Lipinski definition) is 4. The zero-order valence-electron chi connectivity index (χ0n) is 14.3. The van der Waals surface area contributed by atoms with Crippen molar-refractivity contribution in [1.82, 2.24) is 5.43 Å². The molecule has 5 heteroatoms. The van der Waals surface area contributed by atoms with Gasteiger partial charge in [0.2, 0.25) is 0 Å². The van der Waals surface area contributed by atoms with Crippen LogP contribution in [-0.4, -0.2) is 13.2 Å². The molecular formula is C19H25BrN2O2. The summed E-state index contributed by atoms with van der Waals surface area (Å²) in [5.74, 6) is 1.56. The Bertz CT molecular complexity index is 620. The zero-order valence-corrected chi connectivity index (χ0v) is 15.9. The standard InChI is InChI=1S/C19H25BrN2O2/c1-3-5-11-24-19-17(20)12-15(13-18(19)23-4-2)14-21-22-16-9-7-6-8-10-16/h6-10,12-13,21-22H,3-5,11,14H2,1-2H3. The Morgan fingerprint density at radius 3 is 2.54 bits per heavy atom. The summed E-state index contributed by atoms with van der Waals surface area (Å²) in [5, 5.41) is 0. The minimum absolute atomic E-state index is 0.607. The van der Waals surface area contributed by atoms with Crippen LogP contribution < -0.4 is 20.3 Å². The number of hydrogen-bond donors (Lipinski definition) is 2. The number of nitrogens with one attached hydrogen (secondary N) is 2. The molecule has 130 valence electrons. The Hall–Kier alpha value is -1.72. The minimum Gasteiger partial charge on any atom is -0.490 e. The molecule has 0 saturated carbocycles. The van der Waals surface area contributed by atoms with Crippen molar-refractivity contribution in [1.29, 1.82) is 0 Å². The van der Waals surface area contributed by atoms with Gasteiger partial charge >= 0.3 is 0 Å². The Morgan fingerprint density at radius 2 is 1.83 bits per heavy atom. The maximum absolute atomic E-state index is 5.88. The molecule has 2 N–H and O–H groups in total. The molecule has 0 aromatic heterocycles. The fourth-order valence-electron chi connectivity index (χ4n) is 2.21. The second kappa shape index (κ2) is 10.2. The molecule has 0 radical (unpaired) electrons. The van der Waals surface area contributed by atoms with Crippen LogP contribution in [0, 0.1) is 0 Å². The van der Waals surface area contributed by atoms with Gasteiger partial charge in [0.1, 0.15) is 0 Å². The molecule has 0 spiro atoms. The summed E-state index contributed by atoms with van der Waals surface area (Å²) in [5.41, 5.74) is 8.54. The predicted octanol–water partition coefficient (Wildman–Crippen LogP) is 5.14. The van der Waals surface area contributed by atoms with Crippen molar-refractivity contribution in [3.8, 4) is 11.5 Å². The third kappa shape index (κ3) is 5.73. The summed E-state index contributed by atoms with van der Waals surface area (Å²) >= 11 is 3.60. The van der Waals surface area contributed by atoms with E-state index in [1.54, 1.807) is 0 Å². The summed E-state index contributed by atoms with van der Waals surface area (Å²) in [7, 11) is 0. The molecule has 0 aliphatic carbocycles. The maximum Gasteiger partial charge on any atom is 0.175 e. The number of unbranched alkanes of at least 4 members (excludes halogenated alkanes) is 1. The summed E-state index contributed by atoms with van der Waals surface area (Å²) < 4.78 is 12.6. The van der Waals surface area contributed by atoms with Gasteiger partial charge < -0.3 is 14.9 Å². The van der Waals surface area contributed by atoms with Crippen molar-refractivity contribution in [3.05, 3.63) is 52.5 Å². The smallest absolute Gasteiger partial charge is 0.175 e. The fourth-order valence-corrected chi connectivity index (χ4v) is 2.82. The first-order chi connectivity index (χ1) is 11.7. The highest BCUT2D eigenvalue weighted by molar-refractivity contribution is 9.10. The molecule has 0 bridgehead atoms. The molecule has 0 aliphatic heterocycles. The van der Waals surface area contributed by atoms with E-state index >= 15 is 0 Å². The van der Waals surface area contributed by atoms with Gasteiger partial charge in [-0.25, -0.2) is 5.43 Å². The molecule has 2 rings (SSSR count). The van der Waals surface area contributed by atoms with Crippen LogP contribution in [0.1, 0.15) is 32.3 Å². The summed E-state index contributed by atoms with van der Waals surface area (Å²) in [4.78, 5) is 0. The molecule has 2 aromatic rings. The normalized spacial score (nSPS) is 10.5. The van der Waals surface area contributed by atoms with Crippen LogP contribution in [0.5, 0.6) is 11.5 Å². The predicted molar refractivity (Wildman–Crippen MR) is 103 cm³/mol. The molecule has 0 aliphatic rings. The van der Waals surface area contributed by atoms with Crippen LogP contribution in [0.15, 0.2) is 46.9 Å². The number of hydrazine groups is 1. The topological polar surface area (TPSA) is 42.5 Å². The Kier molecular flexibility index (Phi) is 7.92. The molecule has 0 heterocycles. The van der Waals surface area contributed by atoms with Crippen molar-refractivity contribution in [2.75, 3.05) is 18.6 Å². The van der Waals surface area contributed by atoms with Gasteiger partial charge in [-0.15, -0.1) is 0 Å². The van der Waals surface area contributed by atoms with E-state index < -0.39 is 0 Å². The van der Waals surface area contributed by atoms with E-state index in [9.17, 15) is 0 Å². The van der Waals surface area contributed by atoms with E-state index in [4.69, 9.17) is 9.47 Å². The van der Waals surface area contributed by atoms with Crippen LogP contribution in [0.2, 0.25) is 0 Å². The van der Waals surface area contributed by atoms with Gasteiger partial charge in [0.25, 0.3) is 0 Å². The fraction of sp³-hybridized carbons (Fsp3) is 0.368.